The number of aromatic amines is 1. The molecular weight excluding hydrogens is 397 g/mol. The van der Waals surface area contributed by atoms with Crippen LogP contribution in [0.25, 0.3) is 33.9 Å². The first kappa shape index (κ1) is 18.1. The molecule has 0 radical (unpaired) electrons. The molecule has 0 atom stereocenters. The summed E-state index contributed by atoms with van der Waals surface area (Å²) in [6, 6.07) is 17.6. The third-order valence-corrected chi connectivity index (χ3v) is 4.94. The number of hydrogen-bond acceptors (Lipinski definition) is 4. The molecule has 0 spiro atoms. The van der Waals surface area contributed by atoms with Crippen LogP contribution in [0.2, 0.25) is 10.0 Å². The summed E-state index contributed by atoms with van der Waals surface area (Å²) in [6.45, 7) is 0. The summed E-state index contributed by atoms with van der Waals surface area (Å²) in [6.07, 6.45) is 1.51. The molecule has 7 heteroatoms. The number of nitrogens with one attached hydrogen (secondary N) is 1. The average molecular weight is 408 g/mol. The van der Waals surface area contributed by atoms with E-state index in [4.69, 9.17) is 27.6 Å². The second-order valence-electron chi connectivity index (χ2n) is 5.90. The SMILES string of the molecule is N#CC(=Cc1ccc(-c2cccc(Cl)c2Cl)o1)c1nc2ccccc2c(=O)[nH]1. The molecule has 136 valence electrons. The zero-order valence-corrected chi connectivity index (χ0v) is 15.8. The van der Waals surface area contributed by atoms with Crippen molar-refractivity contribution in [1.29, 1.82) is 5.26 Å². The number of nitrogens with zero attached hydrogens (tertiary/aromatic N) is 2. The Kier molecular flexibility index (Phi) is 4.74. The predicted molar refractivity (Wildman–Crippen MR) is 110 cm³/mol. The van der Waals surface area contributed by atoms with Crippen LogP contribution in [-0.2, 0) is 0 Å². The molecule has 2 aromatic carbocycles. The van der Waals surface area contributed by atoms with Crippen molar-refractivity contribution in [1.82, 2.24) is 9.97 Å². The maximum Gasteiger partial charge on any atom is 0.259 e. The summed E-state index contributed by atoms with van der Waals surface area (Å²) < 4.78 is 5.79. The van der Waals surface area contributed by atoms with Crippen LogP contribution in [0.4, 0.5) is 0 Å². The smallest absolute Gasteiger partial charge is 0.259 e. The van der Waals surface area contributed by atoms with Gasteiger partial charge in [0.25, 0.3) is 5.56 Å². The first-order valence-electron chi connectivity index (χ1n) is 8.22. The Morgan fingerprint density at radius 1 is 1.11 bits per heavy atom. The van der Waals surface area contributed by atoms with Gasteiger partial charge in [-0.3, -0.25) is 4.79 Å². The Morgan fingerprint density at radius 3 is 2.75 bits per heavy atom. The van der Waals surface area contributed by atoms with Crippen LogP contribution in [0.15, 0.2) is 63.8 Å². The van der Waals surface area contributed by atoms with Crippen molar-refractivity contribution in [2.45, 2.75) is 0 Å². The van der Waals surface area contributed by atoms with Gasteiger partial charge >= 0.3 is 0 Å². The molecule has 0 aliphatic heterocycles. The topological polar surface area (TPSA) is 82.7 Å². The largest absolute Gasteiger partial charge is 0.457 e. The molecule has 0 saturated heterocycles. The first-order valence-corrected chi connectivity index (χ1v) is 8.98. The molecular formula is C21H11Cl2N3O2. The molecule has 2 heterocycles. The molecule has 0 unspecified atom stereocenters. The number of rotatable bonds is 3. The average Bonchev–Trinajstić information content (AvgIpc) is 3.16. The Balaban J connectivity index is 1.76. The van der Waals surface area contributed by atoms with Gasteiger partial charge in [0, 0.05) is 11.6 Å². The summed E-state index contributed by atoms with van der Waals surface area (Å²) >= 11 is 12.3. The number of hydrogen-bond donors (Lipinski definition) is 1. The second-order valence-corrected chi connectivity index (χ2v) is 6.69. The quantitative estimate of drug-likeness (QED) is 0.451. The molecule has 5 nitrogen and oxygen atoms in total. The van der Waals surface area contributed by atoms with Gasteiger partial charge in [0.2, 0.25) is 0 Å². The van der Waals surface area contributed by atoms with Gasteiger partial charge in [0.05, 0.1) is 26.5 Å². The third-order valence-electron chi connectivity index (χ3n) is 4.12. The number of fused-ring (bicyclic) bond motifs is 1. The number of nitriles is 1. The van der Waals surface area contributed by atoms with Crippen molar-refractivity contribution in [2.75, 3.05) is 0 Å². The van der Waals surface area contributed by atoms with Crippen molar-refractivity contribution in [3.8, 4) is 17.4 Å². The van der Waals surface area contributed by atoms with Crippen LogP contribution >= 0.6 is 23.2 Å². The van der Waals surface area contributed by atoms with Crippen LogP contribution < -0.4 is 5.56 Å². The zero-order chi connectivity index (χ0) is 19.7. The second kappa shape index (κ2) is 7.35. The van der Waals surface area contributed by atoms with E-state index in [1.165, 1.54) is 6.08 Å². The monoisotopic (exact) mass is 407 g/mol. The molecule has 28 heavy (non-hydrogen) atoms. The number of H-pyrrole nitrogens is 1. The minimum Gasteiger partial charge on any atom is -0.457 e. The number of benzene rings is 2. The molecule has 0 aliphatic rings. The highest BCUT2D eigenvalue weighted by Crippen LogP contribution is 2.34. The number of allylic oxidation sites excluding steroid dienone is 1. The highest BCUT2D eigenvalue weighted by molar-refractivity contribution is 6.43. The summed E-state index contributed by atoms with van der Waals surface area (Å²) in [4.78, 5) is 19.3. The fourth-order valence-electron chi connectivity index (χ4n) is 2.78. The van der Waals surface area contributed by atoms with Gasteiger partial charge in [-0.05, 0) is 36.4 Å². The fourth-order valence-corrected chi connectivity index (χ4v) is 3.17. The predicted octanol–water partition coefficient (Wildman–Crippen LogP) is 5.55. The fraction of sp³-hybridized carbons (Fsp3) is 0. The van der Waals surface area contributed by atoms with E-state index in [0.717, 1.165) is 0 Å². The zero-order valence-electron chi connectivity index (χ0n) is 14.2. The van der Waals surface area contributed by atoms with E-state index < -0.39 is 0 Å². The molecule has 1 N–H and O–H groups in total. The van der Waals surface area contributed by atoms with Crippen LogP contribution in [0, 0.1) is 11.3 Å². The maximum absolute atomic E-state index is 12.2. The van der Waals surface area contributed by atoms with E-state index in [1.807, 2.05) is 6.07 Å². The number of para-hydroxylation sites is 1. The van der Waals surface area contributed by atoms with E-state index in [9.17, 15) is 10.1 Å². The van der Waals surface area contributed by atoms with Gasteiger partial charge < -0.3 is 9.40 Å². The molecule has 4 aromatic rings. The first-order chi connectivity index (χ1) is 13.6. The highest BCUT2D eigenvalue weighted by Gasteiger charge is 2.12. The van der Waals surface area contributed by atoms with Crippen LogP contribution in [-0.4, -0.2) is 9.97 Å². The molecule has 4 rings (SSSR count). The molecule has 0 fully saturated rings. The third kappa shape index (κ3) is 3.31. The summed E-state index contributed by atoms with van der Waals surface area (Å²) in [7, 11) is 0. The summed E-state index contributed by atoms with van der Waals surface area (Å²) in [5.41, 5.74) is 1.01. The lowest BCUT2D eigenvalue weighted by molar-refractivity contribution is 0.572. The Labute approximate surface area is 169 Å². The van der Waals surface area contributed by atoms with E-state index in [2.05, 4.69) is 9.97 Å². The van der Waals surface area contributed by atoms with Crippen molar-refractivity contribution in [3.05, 3.63) is 86.6 Å². The van der Waals surface area contributed by atoms with Gasteiger partial charge in [-0.15, -0.1) is 0 Å². The van der Waals surface area contributed by atoms with Gasteiger partial charge in [-0.2, -0.15) is 5.26 Å². The minimum atomic E-state index is -0.312. The lowest BCUT2D eigenvalue weighted by Crippen LogP contribution is -2.11. The summed E-state index contributed by atoms with van der Waals surface area (Å²) in [5.74, 6) is 1.10. The van der Waals surface area contributed by atoms with E-state index in [0.29, 0.717) is 38.0 Å². The van der Waals surface area contributed by atoms with Crippen LogP contribution in [0.5, 0.6) is 0 Å². The number of aromatic nitrogens is 2. The molecule has 0 amide bonds. The lowest BCUT2D eigenvalue weighted by Gasteiger charge is -2.02. The standard InChI is InChI=1S/C21H11Cl2N3O2/c22-16-6-3-5-15(19(16)23)18-9-8-13(28-18)10-12(11-24)20-25-17-7-2-1-4-14(17)21(27)26-20/h1-10H,(H,25,26,27). The lowest BCUT2D eigenvalue weighted by atomic mass is 10.2. The van der Waals surface area contributed by atoms with Gasteiger partial charge in [0.15, 0.2) is 5.82 Å². The van der Waals surface area contributed by atoms with Crippen molar-refractivity contribution < 1.29 is 4.42 Å². The Bertz CT molecular complexity index is 1330. The minimum absolute atomic E-state index is 0.168. The molecule has 0 aliphatic carbocycles. The highest BCUT2D eigenvalue weighted by atomic mass is 35.5. The van der Waals surface area contributed by atoms with Crippen LogP contribution in [0.1, 0.15) is 11.6 Å². The molecule has 2 aromatic heterocycles. The van der Waals surface area contributed by atoms with Gasteiger partial charge in [0.1, 0.15) is 17.6 Å². The van der Waals surface area contributed by atoms with Gasteiger partial charge in [-0.25, -0.2) is 4.98 Å². The normalized spacial score (nSPS) is 11.5. The number of furan rings is 1. The van der Waals surface area contributed by atoms with Crippen molar-refractivity contribution in [2.24, 2.45) is 0 Å². The van der Waals surface area contributed by atoms with Crippen molar-refractivity contribution >= 4 is 45.8 Å². The Morgan fingerprint density at radius 2 is 1.93 bits per heavy atom. The van der Waals surface area contributed by atoms with E-state index >= 15 is 0 Å². The molecule has 0 saturated carbocycles. The van der Waals surface area contributed by atoms with E-state index in [-0.39, 0.29) is 17.0 Å². The van der Waals surface area contributed by atoms with Crippen LogP contribution in [0.3, 0.4) is 0 Å². The maximum atomic E-state index is 12.2. The number of halogens is 2. The van der Waals surface area contributed by atoms with Gasteiger partial charge in [-0.1, -0.05) is 41.4 Å². The van der Waals surface area contributed by atoms with E-state index in [1.54, 1.807) is 54.6 Å². The Hall–Kier alpha value is -3.33. The summed E-state index contributed by atoms with van der Waals surface area (Å²) in [5, 5.41) is 10.8. The molecule has 0 bridgehead atoms. The van der Waals surface area contributed by atoms with Crippen molar-refractivity contribution in [3.63, 3.8) is 0 Å².